The maximum absolute atomic E-state index is 6.08. The predicted molar refractivity (Wildman–Crippen MR) is 78.1 cm³/mol. The van der Waals surface area contributed by atoms with Crippen LogP contribution in [0.25, 0.3) is 22.0 Å². The molecule has 0 bridgehead atoms. The topological polar surface area (TPSA) is 38.9 Å². The first-order chi connectivity index (χ1) is 8.83. The fraction of sp³-hybridized carbons (Fsp3) is 0. The molecule has 0 unspecified atom stereocenters. The van der Waals surface area contributed by atoms with Crippen molar-refractivity contribution >= 4 is 33.3 Å². The molecule has 0 aliphatic heterocycles. The molecule has 2 nitrogen and oxygen atoms in total. The van der Waals surface area contributed by atoms with Crippen LogP contribution in [0, 0.1) is 0 Å². The number of hydrogen-bond acceptors (Lipinski definition) is 3. The van der Waals surface area contributed by atoms with Crippen LogP contribution < -0.4 is 5.73 Å². The van der Waals surface area contributed by atoms with Crippen LogP contribution in [0.3, 0.4) is 0 Å². The Bertz CT molecular complexity index is 666. The zero-order valence-electron chi connectivity index (χ0n) is 9.71. The quantitative estimate of drug-likeness (QED) is 0.754. The van der Waals surface area contributed by atoms with E-state index in [1.165, 1.54) is 4.70 Å². The van der Waals surface area contributed by atoms with E-state index in [0.29, 0.717) is 0 Å². The van der Waals surface area contributed by atoms with Gasteiger partial charge >= 0.3 is 0 Å². The Morgan fingerprint density at radius 2 is 1.72 bits per heavy atom. The fourth-order valence-electron chi connectivity index (χ4n) is 1.80. The van der Waals surface area contributed by atoms with Gasteiger partial charge in [0.25, 0.3) is 0 Å². The van der Waals surface area contributed by atoms with Crippen molar-refractivity contribution in [1.82, 2.24) is 4.98 Å². The summed E-state index contributed by atoms with van der Waals surface area (Å²) in [5.74, 6) is 0. The van der Waals surface area contributed by atoms with Crippen LogP contribution >= 0.6 is 11.3 Å². The largest absolute Gasteiger partial charge is 0.398 e. The Balaban J connectivity index is 2.00. The molecule has 2 aromatic carbocycles. The Labute approximate surface area is 109 Å². The van der Waals surface area contributed by atoms with Gasteiger partial charge in [-0.15, -0.1) is 11.3 Å². The van der Waals surface area contributed by atoms with Crippen molar-refractivity contribution in [3.63, 3.8) is 0 Å². The van der Waals surface area contributed by atoms with E-state index in [-0.39, 0.29) is 0 Å². The number of nitrogens with two attached hydrogens (primary N) is 1. The summed E-state index contributed by atoms with van der Waals surface area (Å²) in [6.07, 6.45) is 1.93. The first kappa shape index (κ1) is 11.0. The highest BCUT2D eigenvalue weighted by molar-refractivity contribution is 7.19. The smallest absolute Gasteiger partial charge is 0.119 e. The minimum atomic E-state index is 0.745. The van der Waals surface area contributed by atoms with Crippen molar-refractivity contribution in [2.24, 2.45) is 5.73 Å². The summed E-state index contributed by atoms with van der Waals surface area (Å²) in [6, 6.07) is 18.0. The van der Waals surface area contributed by atoms with Gasteiger partial charge in [-0.05, 0) is 23.8 Å². The van der Waals surface area contributed by atoms with Crippen LogP contribution in [-0.2, 0) is 0 Å². The van der Waals surface area contributed by atoms with Gasteiger partial charge < -0.3 is 5.73 Å². The van der Waals surface area contributed by atoms with Crippen molar-refractivity contribution in [3.05, 3.63) is 65.2 Å². The standard InChI is InChI=1S/C15H12N2S/c16-12(11-6-2-1-3-7-11)10-15-17-13-8-4-5-9-14(13)18-15/h1-10H,16H2/b12-10+. The molecule has 3 heteroatoms. The van der Waals surface area contributed by atoms with Crippen molar-refractivity contribution in [3.8, 4) is 0 Å². The Hall–Kier alpha value is -2.13. The number of fused-ring (bicyclic) bond motifs is 1. The van der Waals surface area contributed by atoms with E-state index in [4.69, 9.17) is 5.73 Å². The zero-order valence-corrected chi connectivity index (χ0v) is 10.5. The third-order valence-corrected chi connectivity index (χ3v) is 3.68. The molecule has 0 atom stereocenters. The van der Waals surface area contributed by atoms with Gasteiger partial charge in [-0.3, -0.25) is 0 Å². The first-order valence-electron chi connectivity index (χ1n) is 5.71. The van der Waals surface area contributed by atoms with Crippen LogP contribution in [0.15, 0.2) is 54.6 Å². The Kier molecular flexibility index (Phi) is 2.82. The third kappa shape index (κ3) is 2.13. The van der Waals surface area contributed by atoms with E-state index in [1.54, 1.807) is 11.3 Å². The summed E-state index contributed by atoms with van der Waals surface area (Å²) < 4.78 is 1.18. The average molecular weight is 252 g/mol. The molecule has 3 rings (SSSR count). The average Bonchev–Trinajstić information content (AvgIpc) is 2.82. The zero-order chi connectivity index (χ0) is 12.4. The number of para-hydroxylation sites is 1. The van der Waals surface area contributed by atoms with E-state index in [1.807, 2.05) is 54.6 Å². The lowest BCUT2D eigenvalue weighted by molar-refractivity contribution is 1.45. The van der Waals surface area contributed by atoms with Gasteiger partial charge in [-0.1, -0.05) is 42.5 Å². The summed E-state index contributed by atoms with van der Waals surface area (Å²) in [4.78, 5) is 4.54. The number of nitrogens with zero attached hydrogens (tertiary/aromatic N) is 1. The summed E-state index contributed by atoms with van der Waals surface area (Å²) in [6.45, 7) is 0. The van der Waals surface area contributed by atoms with Gasteiger partial charge in [0.15, 0.2) is 0 Å². The molecule has 18 heavy (non-hydrogen) atoms. The maximum atomic E-state index is 6.08. The van der Waals surface area contributed by atoms with Crippen molar-refractivity contribution in [2.75, 3.05) is 0 Å². The minimum Gasteiger partial charge on any atom is -0.398 e. The van der Waals surface area contributed by atoms with Gasteiger partial charge in [0.2, 0.25) is 0 Å². The molecule has 88 valence electrons. The van der Waals surface area contributed by atoms with Crippen molar-refractivity contribution in [1.29, 1.82) is 0 Å². The molecule has 0 saturated carbocycles. The van der Waals surface area contributed by atoms with Crippen molar-refractivity contribution < 1.29 is 0 Å². The van der Waals surface area contributed by atoms with Crippen molar-refractivity contribution in [2.45, 2.75) is 0 Å². The highest BCUT2D eigenvalue weighted by Gasteiger charge is 2.02. The number of aromatic nitrogens is 1. The molecule has 2 N–H and O–H groups in total. The minimum absolute atomic E-state index is 0.745. The summed E-state index contributed by atoms with van der Waals surface area (Å²) in [5.41, 5.74) is 8.87. The molecule has 1 aromatic heterocycles. The Morgan fingerprint density at radius 3 is 2.50 bits per heavy atom. The van der Waals surface area contributed by atoms with E-state index in [2.05, 4.69) is 11.1 Å². The summed E-state index contributed by atoms with van der Waals surface area (Å²) in [7, 11) is 0. The monoisotopic (exact) mass is 252 g/mol. The number of thiazole rings is 1. The summed E-state index contributed by atoms with van der Waals surface area (Å²) >= 11 is 1.65. The van der Waals surface area contributed by atoms with Crippen LogP contribution in [0.5, 0.6) is 0 Å². The first-order valence-corrected chi connectivity index (χ1v) is 6.53. The molecule has 0 saturated heterocycles. The molecular formula is C15H12N2S. The number of rotatable bonds is 2. The lowest BCUT2D eigenvalue weighted by Crippen LogP contribution is -1.95. The lowest BCUT2D eigenvalue weighted by Gasteiger charge is -1.99. The SMILES string of the molecule is N/C(=C/c1nc2ccccc2s1)c1ccccc1. The number of benzene rings is 2. The van der Waals surface area contributed by atoms with Crippen LogP contribution in [0.1, 0.15) is 10.6 Å². The highest BCUT2D eigenvalue weighted by Crippen LogP contribution is 2.24. The normalized spacial score (nSPS) is 11.9. The molecule has 0 fully saturated rings. The van der Waals surface area contributed by atoms with E-state index in [9.17, 15) is 0 Å². The third-order valence-electron chi connectivity index (χ3n) is 2.70. The van der Waals surface area contributed by atoms with Crippen LogP contribution in [0.4, 0.5) is 0 Å². The highest BCUT2D eigenvalue weighted by atomic mass is 32.1. The molecule has 0 spiro atoms. The van der Waals surface area contributed by atoms with Gasteiger partial charge in [0.05, 0.1) is 10.2 Å². The van der Waals surface area contributed by atoms with E-state index in [0.717, 1.165) is 21.8 Å². The van der Waals surface area contributed by atoms with Gasteiger partial charge in [0.1, 0.15) is 5.01 Å². The molecule has 1 heterocycles. The van der Waals surface area contributed by atoms with E-state index >= 15 is 0 Å². The predicted octanol–water partition coefficient (Wildman–Crippen LogP) is 3.75. The second kappa shape index (κ2) is 4.63. The molecule has 0 amide bonds. The second-order valence-corrected chi connectivity index (χ2v) is 5.05. The van der Waals surface area contributed by atoms with Gasteiger partial charge in [-0.25, -0.2) is 4.98 Å². The van der Waals surface area contributed by atoms with Gasteiger partial charge in [0, 0.05) is 5.70 Å². The maximum Gasteiger partial charge on any atom is 0.119 e. The van der Waals surface area contributed by atoms with E-state index < -0.39 is 0 Å². The fourth-order valence-corrected chi connectivity index (χ4v) is 2.72. The lowest BCUT2D eigenvalue weighted by atomic mass is 10.1. The summed E-state index contributed by atoms with van der Waals surface area (Å²) in [5, 5.41) is 0.942. The second-order valence-electron chi connectivity index (χ2n) is 3.99. The van der Waals surface area contributed by atoms with Crippen LogP contribution in [-0.4, -0.2) is 4.98 Å². The molecule has 0 radical (unpaired) electrons. The molecule has 0 aliphatic rings. The van der Waals surface area contributed by atoms with Gasteiger partial charge in [-0.2, -0.15) is 0 Å². The molecule has 0 aliphatic carbocycles. The Morgan fingerprint density at radius 1 is 1.00 bits per heavy atom. The molecular weight excluding hydrogens is 240 g/mol. The molecule has 3 aromatic rings. The van der Waals surface area contributed by atoms with Crippen LogP contribution in [0.2, 0.25) is 0 Å². The number of hydrogen-bond donors (Lipinski definition) is 1.